The fraction of sp³-hybridized carbons (Fsp3) is 0.382. The number of alkyl halides is 2. The zero-order chi connectivity index (χ0) is 31.5. The number of benzene rings is 2. The number of carbonyl (C=O) groups is 1. The van der Waals surface area contributed by atoms with Crippen molar-refractivity contribution in [3.8, 4) is 33.3 Å². The first-order valence-electron chi connectivity index (χ1n) is 14.9. The molecule has 0 spiro atoms. The molecule has 2 aromatic heterocycles. The summed E-state index contributed by atoms with van der Waals surface area (Å²) in [6.07, 6.45) is -0.117. The molecule has 3 heterocycles. The average molecular weight is 640 g/mol. The van der Waals surface area contributed by atoms with Crippen LogP contribution in [0.1, 0.15) is 68.6 Å². The molecule has 1 atom stereocenters. The van der Waals surface area contributed by atoms with E-state index in [1.807, 2.05) is 25.7 Å². The molecule has 0 bridgehead atoms. The Morgan fingerprint density at radius 2 is 1.91 bits per heavy atom. The van der Waals surface area contributed by atoms with E-state index in [4.69, 9.17) is 21.3 Å². The fourth-order valence-corrected chi connectivity index (χ4v) is 6.67. The van der Waals surface area contributed by atoms with E-state index in [2.05, 4.69) is 6.92 Å². The second-order valence-electron chi connectivity index (χ2n) is 11.7. The summed E-state index contributed by atoms with van der Waals surface area (Å²) in [7, 11) is 0. The summed E-state index contributed by atoms with van der Waals surface area (Å²) < 4.78 is 33.5. The van der Waals surface area contributed by atoms with Gasteiger partial charge in [0.1, 0.15) is 10.8 Å². The standard InChI is InChI=1S/C34H36ClF2N3O3S/c1-5-43-24-12-13-27(35)30(16-24)40-29(15-20(2)3)25(33(41)39-14-6-7-21(4)18-39)17-26(34(40)42)32-38-28(19-44-32)22-8-10-23(11-9-22)31(36)37/h8-13,16-17,19-21,31H,5-7,14-15,18H2,1-4H3/t21-/m0/s1. The Morgan fingerprint density at radius 3 is 2.57 bits per heavy atom. The lowest BCUT2D eigenvalue weighted by molar-refractivity contribution is 0.0681. The van der Waals surface area contributed by atoms with E-state index in [9.17, 15) is 18.4 Å². The zero-order valence-electron chi connectivity index (χ0n) is 25.3. The van der Waals surface area contributed by atoms with Gasteiger partial charge in [-0.15, -0.1) is 11.3 Å². The second-order valence-corrected chi connectivity index (χ2v) is 12.9. The molecule has 232 valence electrons. The molecule has 10 heteroatoms. The molecule has 6 nitrogen and oxygen atoms in total. The van der Waals surface area contributed by atoms with Crippen LogP contribution in [0, 0.1) is 11.8 Å². The van der Waals surface area contributed by atoms with Gasteiger partial charge in [-0.2, -0.15) is 0 Å². The van der Waals surface area contributed by atoms with E-state index < -0.39 is 6.43 Å². The number of nitrogens with zero attached hydrogens (tertiary/aromatic N) is 3. The summed E-state index contributed by atoms with van der Waals surface area (Å²) in [6, 6.07) is 12.8. The Hall–Kier alpha value is -3.56. The van der Waals surface area contributed by atoms with Crippen LogP contribution in [0.4, 0.5) is 8.78 Å². The summed E-state index contributed by atoms with van der Waals surface area (Å²) in [4.78, 5) is 35.4. The van der Waals surface area contributed by atoms with Gasteiger partial charge >= 0.3 is 0 Å². The van der Waals surface area contributed by atoms with E-state index >= 15 is 0 Å². The Morgan fingerprint density at radius 1 is 1.16 bits per heavy atom. The average Bonchev–Trinajstić information content (AvgIpc) is 3.48. The minimum absolute atomic E-state index is 0.0748. The van der Waals surface area contributed by atoms with Crippen LogP contribution >= 0.6 is 22.9 Å². The number of carbonyl (C=O) groups excluding carboxylic acids is 1. The van der Waals surface area contributed by atoms with Crippen LogP contribution in [0.25, 0.3) is 27.5 Å². The van der Waals surface area contributed by atoms with Crippen molar-refractivity contribution in [2.45, 2.75) is 53.4 Å². The van der Waals surface area contributed by atoms with Gasteiger partial charge in [-0.05, 0) is 56.2 Å². The van der Waals surface area contributed by atoms with Crippen molar-refractivity contribution < 1.29 is 18.3 Å². The molecule has 0 radical (unpaired) electrons. The number of thiazole rings is 1. The highest BCUT2D eigenvalue weighted by Crippen LogP contribution is 2.33. The quantitative estimate of drug-likeness (QED) is 0.184. The fourth-order valence-electron chi connectivity index (χ4n) is 5.63. The van der Waals surface area contributed by atoms with Gasteiger partial charge in [-0.25, -0.2) is 13.8 Å². The number of aromatic nitrogens is 2. The molecule has 1 aliphatic heterocycles. The van der Waals surface area contributed by atoms with Crippen LogP contribution in [-0.4, -0.2) is 40.1 Å². The Balaban J connectivity index is 1.73. The predicted octanol–water partition coefficient (Wildman–Crippen LogP) is 8.69. The maximum absolute atomic E-state index is 14.5. The Kier molecular flexibility index (Phi) is 9.85. The van der Waals surface area contributed by atoms with Crippen molar-refractivity contribution in [3.05, 3.63) is 86.1 Å². The Bertz CT molecular complexity index is 1700. The molecule has 1 aliphatic rings. The molecule has 0 aliphatic carbocycles. The number of hydrogen-bond acceptors (Lipinski definition) is 5. The zero-order valence-corrected chi connectivity index (χ0v) is 26.9. The maximum atomic E-state index is 14.5. The molecule has 1 saturated heterocycles. The van der Waals surface area contributed by atoms with E-state index in [-0.39, 0.29) is 28.5 Å². The van der Waals surface area contributed by atoms with Crippen molar-refractivity contribution >= 4 is 28.8 Å². The van der Waals surface area contributed by atoms with Crippen molar-refractivity contribution in [3.63, 3.8) is 0 Å². The van der Waals surface area contributed by atoms with Gasteiger partial charge in [-0.3, -0.25) is 14.2 Å². The molecule has 0 unspecified atom stereocenters. The van der Waals surface area contributed by atoms with Gasteiger partial charge in [0, 0.05) is 41.4 Å². The molecule has 2 aromatic carbocycles. The highest BCUT2D eigenvalue weighted by atomic mass is 35.5. The number of ether oxygens (including phenoxy) is 1. The molecule has 5 rings (SSSR count). The predicted molar refractivity (Wildman–Crippen MR) is 173 cm³/mol. The third-order valence-electron chi connectivity index (χ3n) is 7.74. The van der Waals surface area contributed by atoms with Gasteiger partial charge in [0.2, 0.25) is 0 Å². The highest BCUT2D eigenvalue weighted by molar-refractivity contribution is 7.13. The van der Waals surface area contributed by atoms with E-state index in [1.165, 1.54) is 23.5 Å². The maximum Gasteiger partial charge on any atom is 0.265 e. The van der Waals surface area contributed by atoms with Crippen molar-refractivity contribution in [1.29, 1.82) is 0 Å². The number of likely N-dealkylation sites (tertiary alicyclic amines) is 1. The minimum Gasteiger partial charge on any atom is -0.494 e. The van der Waals surface area contributed by atoms with E-state index in [1.54, 1.807) is 46.3 Å². The number of pyridine rings is 1. The first-order chi connectivity index (χ1) is 21.1. The first-order valence-corrected chi connectivity index (χ1v) is 16.2. The lowest BCUT2D eigenvalue weighted by Gasteiger charge is -2.32. The number of halogens is 3. The smallest absolute Gasteiger partial charge is 0.265 e. The van der Waals surface area contributed by atoms with Gasteiger partial charge < -0.3 is 9.64 Å². The van der Waals surface area contributed by atoms with Gasteiger partial charge in [0.15, 0.2) is 0 Å². The van der Waals surface area contributed by atoms with Crippen molar-refractivity contribution in [2.75, 3.05) is 19.7 Å². The van der Waals surface area contributed by atoms with Crippen molar-refractivity contribution in [2.24, 2.45) is 11.8 Å². The van der Waals surface area contributed by atoms with Crippen LogP contribution in [0.15, 0.2) is 58.7 Å². The summed E-state index contributed by atoms with van der Waals surface area (Å²) >= 11 is 8.01. The largest absolute Gasteiger partial charge is 0.494 e. The SMILES string of the molecule is CCOc1ccc(Cl)c(-n2c(CC(C)C)c(C(=O)N3CCC[C@H](C)C3)cc(-c3nc(-c4ccc(C(F)F)cc4)cs3)c2=O)c1. The summed E-state index contributed by atoms with van der Waals surface area (Å²) in [5, 5.41) is 2.56. The molecule has 1 amide bonds. The molecule has 4 aromatic rings. The number of amides is 1. The van der Waals surface area contributed by atoms with E-state index in [0.29, 0.717) is 76.0 Å². The molecule has 1 fully saturated rings. The molecule has 0 N–H and O–H groups in total. The molecular weight excluding hydrogens is 604 g/mol. The third-order valence-corrected chi connectivity index (χ3v) is 8.94. The normalized spacial score (nSPS) is 15.3. The van der Waals surface area contributed by atoms with Crippen LogP contribution in [0.5, 0.6) is 5.75 Å². The molecule has 44 heavy (non-hydrogen) atoms. The van der Waals surface area contributed by atoms with Gasteiger partial charge in [0.25, 0.3) is 17.9 Å². The Labute approximate surface area is 265 Å². The summed E-state index contributed by atoms with van der Waals surface area (Å²) in [6.45, 7) is 9.84. The monoisotopic (exact) mass is 639 g/mol. The topological polar surface area (TPSA) is 64.4 Å². The van der Waals surface area contributed by atoms with Crippen molar-refractivity contribution in [1.82, 2.24) is 14.5 Å². The third kappa shape index (κ3) is 6.74. The minimum atomic E-state index is -2.57. The first kappa shape index (κ1) is 31.9. The lowest BCUT2D eigenvalue weighted by atomic mass is 9.96. The number of hydrogen-bond donors (Lipinski definition) is 0. The second kappa shape index (κ2) is 13.6. The molecular formula is C34H36ClF2N3O3S. The van der Waals surface area contributed by atoms with Gasteiger partial charge in [0.05, 0.1) is 34.1 Å². The highest BCUT2D eigenvalue weighted by Gasteiger charge is 2.29. The lowest BCUT2D eigenvalue weighted by Crippen LogP contribution is -2.40. The summed E-state index contributed by atoms with van der Waals surface area (Å²) in [5.41, 5.74) is 2.51. The van der Waals surface area contributed by atoms with Crippen LogP contribution in [0.3, 0.4) is 0 Å². The van der Waals surface area contributed by atoms with E-state index in [0.717, 1.165) is 12.8 Å². The number of rotatable bonds is 9. The van der Waals surface area contributed by atoms with Crippen LogP contribution < -0.4 is 10.3 Å². The summed E-state index contributed by atoms with van der Waals surface area (Å²) in [5.74, 6) is 0.941. The van der Waals surface area contributed by atoms with Gasteiger partial charge in [-0.1, -0.05) is 56.6 Å². The molecule has 0 saturated carbocycles. The van der Waals surface area contributed by atoms with Crippen LogP contribution in [0.2, 0.25) is 5.02 Å². The van der Waals surface area contributed by atoms with Crippen LogP contribution in [-0.2, 0) is 6.42 Å². The number of piperidine rings is 1.